The number of anilines is 2. The third-order valence-corrected chi connectivity index (χ3v) is 6.35. The lowest BCUT2D eigenvalue weighted by atomic mass is 9.96. The number of nitrogens with zero attached hydrogens (tertiary/aromatic N) is 2. The average Bonchev–Trinajstić information content (AvgIpc) is 3.29. The Morgan fingerprint density at radius 2 is 1.93 bits per heavy atom. The Morgan fingerprint density at radius 1 is 1.25 bits per heavy atom. The molecule has 1 amide bonds. The van der Waals surface area contributed by atoms with Crippen LogP contribution in [-0.4, -0.2) is 16.9 Å². The summed E-state index contributed by atoms with van der Waals surface area (Å²) in [5, 5.41) is 13.4. The summed E-state index contributed by atoms with van der Waals surface area (Å²) in [6.45, 7) is 2.00. The highest BCUT2D eigenvalue weighted by atomic mass is 32.1. The zero-order valence-electron chi connectivity index (χ0n) is 15.6. The molecule has 0 unspecified atom stereocenters. The number of nitriles is 1. The molecular formula is C21H21N5OS. The Hall–Kier alpha value is -3.11. The fraction of sp³-hybridized carbons (Fsp3) is 0.286. The molecule has 7 heteroatoms. The van der Waals surface area contributed by atoms with Crippen molar-refractivity contribution in [2.75, 3.05) is 11.5 Å². The van der Waals surface area contributed by atoms with E-state index in [1.54, 1.807) is 0 Å². The summed E-state index contributed by atoms with van der Waals surface area (Å²) in [5.74, 6) is -0.0334. The third kappa shape index (κ3) is 3.06. The van der Waals surface area contributed by atoms with Gasteiger partial charge in [-0.05, 0) is 25.3 Å². The predicted molar refractivity (Wildman–Crippen MR) is 113 cm³/mol. The molecular weight excluding hydrogens is 370 g/mol. The van der Waals surface area contributed by atoms with E-state index in [1.807, 2.05) is 31.2 Å². The predicted octanol–water partition coefficient (Wildman–Crippen LogP) is 3.98. The molecule has 1 saturated carbocycles. The number of thiophene rings is 1. The van der Waals surface area contributed by atoms with Crippen LogP contribution >= 0.6 is 11.3 Å². The summed E-state index contributed by atoms with van der Waals surface area (Å²) in [5.41, 5.74) is 15.7. The normalized spacial score (nSPS) is 14.3. The second-order valence-electron chi connectivity index (χ2n) is 7.20. The number of aryl methyl sites for hydroxylation is 1. The van der Waals surface area contributed by atoms with Gasteiger partial charge in [0.25, 0.3) is 5.91 Å². The van der Waals surface area contributed by atoms with Crippen LogP contribution in [0.3, 0.4) is 0 Å². The second kappa shape index (κ2) is 7.13. The Kier molecular flexibility index (Phi) is 4.65. The van der Waals surface area contributed by atoms with Crippen molar-refractivity contribution in [2.24, 2.45) is 0 Å². The first-order valence-electron chi connectivity index (χ1n) is 9.29. The standard InChI is InChI=1S/C21H21N5OS/c1-11-6-8-12(9-7-11)15-14(10-22)19(24)26-21-16(15)17(23)18(28-21)20(27)25-13-4-2-3-5-13/h6-9,13H,2-5,23H2,1H3,(H2,24,26)(H,25,27). The summed E-state index contributed by atoms with van der Waals surface area (Å²) in [4.78, 5) is 18.2. The van der Waals surface area contributed by atoms with Gasteiger partial charge in [-0.25, -0.2) is 4.98 Å². The number of amides is 1. The maximum Gasteiger partial charge on any atom is 0.263 e. The highest BCUT2D eigenvalue weighted by molar-refractivity contribution is 7.21. The minimum Gasteiger partial charge on any atom is -0.397 e. The van der Waals surface area contributed by atoms with E-state index in [1.165, 1.54) is 11.3 Å². The van der Waals surface area contributed by atoms with Crippen molar-refractivity contribution < 1.29 is 4.79 Å². The maximum atomic E-state index is 12.8. The van der Waals surface area contributed by atoms with E-state index < -0.39 is 0 Å². The number of fused-ring (bicyclic) bond motifs is 1. The number of nitrogen functional groups attached to an aromatic ring is 2. The molecule has 0 aliphatic heterocycles. The third-order valence-electron chi connectivity index (χ3n) is 5.25. The molecule has 3 aromatic rings. The van der Waals surface area contributed by atoms with Crippen molar-refractivity contribution in [1.29, 1.82) is 5.26 Å². The van der Waals surface area contributed by atoms with E-state index in [-0.39, 0.29) is 23.3 Å². The van der Waals surface area contributed by atoms with Gasteiger partial charge >= 0.3 is 0 Å². The minimum atomic E-state index is -0.181. The average molecular weight is 392 g/mol. The first-order valence-corrected chi connectivity index (χ1v) is 10.1. The number of rotatable bonds is 3. The highest BCUT2D eigenvalue weighted by Gasteiger charge is 2.26. The quantitative estimate of drug-likeness (QED) is 0.624. The van der Waals surface area contributed by atoms with Crippen LogP contribution in [0.2, 0.25) is 0 Å². The highest BCUT2D eigenvalue weighted by Crippen LogP contribution is 2.42. The molecule has 1 aliphatic rings. The SMILES string of the molecule is Cc1ccc(-c2c(C#N)c(N)nc3sc(C(=O)NC4CCCC4)c(N)c23)cc1. The molecule has 5 N–H and O–H groups in total. The molecule has 6 nitrogen and oxygen atoms in total. The van der Waals surface area contributed by atoms with E-state index in [4.69, 9.17) is 11.5 Å². The molecule has 0 saturated heterocycles. The molecule has 142 valence electrons. The molecule has 0 bridgehead atoms. The second-order valence-corrected chi connectivity index (χ2v) is 8.20. The molecule has 1 aromatic carbocycles. The van der Waals surface area contributed by atoms with Crippen LogP contribution in [0.1, 0.15) is 46.5 Å². The number of pyridine rings is 1. The lowest BCUT2D eigenvalue weighted by Gasteiger charge is -2.11. The summed E-state index contributed by atoms with van der Waals surface area (Å²) in [7, 11) is 0. The van der Waals surface area contributed by atoms with Crippen LogP contribution in [0.15, 0.2) is 24.3 Å². The fourth-order valence-electron chi connectivity index (χ4n) is 3.78. The van der Waals surface area contributed by atoms with E-state index in [0.29, 0.717) is 26.3 Å². The van der Waals surface area contributed by atoms with Gasteiger partial charge in [-0.1, -0.05) is 42.7 Å². The van der Waals surface area contributed by atoms with Gasteiger partial charge in [-0.2, -0.15) is 5.26 Å². The zero-order valence-corrected chi connectivity index (χ0v) is 16.4. The number of benzene rings is 1. The van der Waals surface area contributed by atoms with Crippen LogP contribution in [0.5, 0.6) is 0 Å². The van der Waals surface area contributed by atoms with Crippen molar-refractivity contribution in [3.05, 3.63) is 40.3 Å². The Labute approximate surface area is 167 Å². The molecule has 2 aromatic heterocycles. The number of carbonyl (C=O) groups excluding carboxylic acids is 1. The van der Waals surface area contributed by atoms with Gasteiger partial charge in [0.2, 0.25) is 0 Å². The molecule has 1 aliphatic carbocycles. The summed E-state index contributed by atoms with van der Waals surface area (Å²) in [6.07, 6.45) is 4.26. The van der Waals surface area contributed by atoms with Gasteiger partial charge in [0.1, 0.15) is 27.2 Å². The van der Waals surface area contributed by atoms with E-state index in [0.717, 1.165) is 36.8 Å². The molecule has 28 heavy (non-hydrogen) atoms. The van der Waals surface area contributed by atoms with Gasteiger partial charge in [0.15, 0.2) is 0 Å². The van der Waals surface area contributed by atoms with Gasteiger partial charge in [0.05, 0.1) is 5.69 Å². The first-order chi connectivity index (χ1) is 13.5. The molecule has 0 atom stereocenters. The smallest absolute Gasteiger partial charge is 0.263 e. The monoisotopic (exact) mass is 391 g/mol. The number of aromatic nitrogens is 1. The van der Waals surface area contributed by atoms with Crippen LogP contribution < -0.4 is 16.8 Å². The van der Waals surface area contributed by atoms with Gasteiger partial charge in [0, 0.05) is 17.0 Å². The Morgan fingerprint density at radius 3 is 2.57 bits per heavy atom. The van der Waals surface area contributed by atoms with Gasteiger partial charge < -0.3 is 16.8 Å². The maximum absolute atomic E-state index is 12.8. The topological polar surface area (TPSA) is 118 Å². The van der Waals surface area contributed by atoms with Crippen molar-refractivity contribution in [3.63, 3.8) is 0 Å². The molecule has 1 fully saturated rings. The summed E-state index contributed by atoms with van der Waals surface area (Å²) < 4.78 is 0. The number of hydrogen-bond acceptors (Lipinski definition) is 6. The first kappa shape index (κ1) is 18.3. The van der Waals surface area contributed by atoms with Crippen molar-refractivity contribution in [2.45, 2.75) is 38.6 Å². The van der Waals surface area contributed by atoms with Crippen molar-refractivity contribution in [1.82, 2.24) is 10.3 Å². The summed E-state index contributed by atoms with van der Waals surface area (Å²) >= 11 is 1.22. The van der Waals surface area contributed by atoms with E-state index in [2.05, 4.69) is 16.4 Å². The number of carbonyl (C=O) groups is 1. The van der Waals surface area contributed by atoms with Gasteiger partial charge in [-0.3, -0.25) is 4.79 Å². The van der Waals surface area contributed by atoms with Crippen molar-refractivity contribution in [3.8, 4) is 17.2 Å². The zero-order chi connectivity index (χ0) is 19.8. The molecule has 2 heterocycles. The number of nitrogens with one attached hydrogen (secondary N) is 1. The summed E-state index contributed by atoms with van der Waals surface area (Å²) in [6, 6.07) is 10.1. The van der Waals surface area contributed by atoms with Crippen LogP contribution in [0.4, 0.5) is 11.5 Å². The Bertz CT molecular complexity index is 1100. The molecule has 4 rings (SSSR count). The number of nitrogens with two attached hydrogens (primary N) is 2. The van der Waals surface area contributed by atoms with E-state index >= 15 is 0 Å². The molecule has 0 spiro atoms. The van der Waals surface area contributed by atoms with Crippen LogP contribution in [-0.2, 0) is 0 Å². The van der Waals surface area contributed by atoms with Crippen LogP contribution in [0, 0.1) is 18.3 Å². The lowest BCUT2D eigenvalue weighted by molar-refractivity contribution is 0.0943. The minimum absolute atomic E-state index is 0.148. The van der Waals surface area contributed by atoms with E-state index in [9.17, 15) is 10.1 Å². The van der Waals surface area contributed by atoms with Crippen LogP contribution in [0.25, 0.3) is 21.3 Å². The number of hydrogen-bond donors (Lipinski definition) is 3. The Balaban J connectivity index is 1.89. The molecule has 0 radical (unpaired) electrons. The van der Waals surface area contributed by atoms with Crippen molar-refractivity contribution >= 4 is 39.0 Å². The fourth-order valence-corrected chi connectivity index (χ4v) is 4.80. The lowest BCUT2D eigenvalue weighted by Crippen LogP contribution is -2.32. The largest absolute Gasteiger partial charge is 0.397 e. The van der Waals surface area contributed by atoms with Gasteiger partial charge in [-0.15, -0.1) is 11.3 Å².